The number of benzene rings is 2. The Kier molecular flexibility index (Phi) is 10.9. The van der Waals surface area contributed by atoms with Gasteiger partial charge in [-0.05, 0) is 48.6 Å². The van der Waals surface area contributed by atoms with Gasteiger partial charge in [-0.25, -0.2) is 0 Å². The molecule has 0 spiro atoms. The highest BCUT2D eigenvalue weighted by molar-refractivity contribution is 6.03. The lowest BCUT2D eigenvalue weighted by atomic mass is 9.87. The Labute approximate surface area is 224 Å². The van der Waals surface area contributed by atoms with Gasteiger partial charge in [-0.1, -0.05) is 61.7 Å². The zero-order valence-electron chi connectivity index (χ0n) is 21.2. The van der Waals surface area contributed by atoms with E-state index in [1.165, 1.54) is 4.90 Å². The fraction of sp³-hybridized carbons (Fsp3) is 0.536. The van der Waals surface area contributed by atoms with Gasteiger partial charge >= 0.3 is 0 Å². The number of halogens is 1. The van der Waals surface area contributed by atoms with E-state index in [1.54, 1.807) is 0 Å². The SMILES string of the molecule is Cl.NCC(O)CNC(=O)[C@@H](Cc1ccc2ccccc2c1)N(C(=O)C1CCCCC1)C(=O)[C@@H]1CCCN1. The van der Waals surface area contributed by atoms with Crippen LogP contribution in [-0.2, 0) is 20.8 Å². The first-order valence-corrected chi connectivity index (χ1v) is 13.2. The highest BCUT2D eigenvalue weighted by Gasteiger charge is 2.41. The van der Waals surface area contributed by atoms with Crippen molar-refractivity contribution in [2.24, 2.45) is 11.7 Å². The largest absolute Gasteiger partial charge is 0.390 e. The van der Waals surface area contributed by atoms with Crippen LogP contribution in [0.15, 0.2) is 42.5 Å². The maximum atomic E-state index is 13.9. The van der Waals surface area contributed by atoms with Gasteiger partial charge in [0.15, 0.2) is 0 Å². The van der Waals surface area contributed by atoms with E-state index in [2.05, 4.69) is 10.6 Å². The highest BCUT2D eigenvalue weighted by atomic mass is 35.5. The number of amides is 3. The Balaban J connectivity index is 0.00000380. The molecule has 37 heavy (non-hydrogen) atoms. The first kappa shape index (κ1) is 29.0. The molecule has 2 aliphatic rings. The molecule has 9 heteroatoms. The standard InChI is InChI=1S/C28H38N4O4.ClH/c29-17-23(33)18-31-26(34)25(16-19-12-13-20-7-4-5-10-22(20)15-19)32(28(36)24-11-6-14-30-24)27(35)21-8-2-1-3-9-21;/h4-5,7,10,12-13,15,21,23-25,30,33H,1-3,6,8-9,11,14,16-18,29H2,(H,31,34);1H/t23?,24-,25+;/m0./s1. The molecule has 0 bridgehead atoms. The topological polar surface area (TPSA) is 125 Å². The van der Waals surface area contributed by atoms with Crippen molar-refractivity contribution >= 4 is 40.9 Å². The minimum Gasteiger partial charge on any atom is -0.390 e. The molecule has 4 rings (SSSR count). The van der Waals surface area contributed by atoms with Crippen molar-refractivity contribution < 1.29 is 19.5 Å². The molecule has 1 heterocycles. The molecule has 1 aliphatic carbocycles. The Hall–Kier alpha value is -2.52. The maximum Gasteiger partial charge on any atom is 0.247 e. The number of fused-ring (bicyclic) bond motifs is 1. The van der Waals surface area contributed by atoms with Crippen molar-refractivity contribution in [3.05, 3.63) is 48.0 Å². The third-order valence-electron chi connectivity index (χ3n) is 7.43. The summed E-state index contributed by atoms with van der Waals surface area (Å²) in [6, 6.07) is 12.4. The number of imide groups is 1. The minimum atomic E-state index is -1.01. The summed E-state index contributed by atoms with van der Waals surface area (Å²) in [6.07, 6.45) is 5.24. The van der Waals surface area contributed by atoms with Gasteiger partial charge in [-0.2, -0.15) is 0 Å². The molecule has 1 aliphatic heterocycles. The van der Waals surface area contributed by atoms with Crippen LogP contribution in [0, 0.1) is 5.92 Å². The van der Waals surface area contributed by atoms with Gasteiger partial charge in [0.05, 0.1) is 12.1 Å². The number of rotatable bonds is 9. The first-order valence-electron chi connectivity index (χ1n) is 13.2. The van der Waals surface area contributed by atoms with E-state index in [-0.39, 0.29) is 49.6 Å². The molecule has 0 radical (unpaired) electrons. The van der Waals surface area contributed by atoms with Crippen LogP contribution >= 0.6 is 12.4 Å². The lowest BCUT2D eigenvalue weighted by Crippen LogP contribution is -2.59. The van der Waals surface area contributed by atoms with Crippen LogP contribution < -0.4 is 16.4 Å². The van der Waals surface area contributed by atoms with E-state index >= 15 is 0 Å². The Morgan fingerprint density at radius 3 is 2.41 bits per heavy atom. The maximum absolute atomic E-state index is 13.9. The molecule has 2 fully saturated rings. The summed E-state index contributed by atoms with van der Waals surface area (Å²) in [5.41, 5.74) is 6.38. The second-order valence-electron chi connectivity index (χ2n) is 10.1. The normalized spacial score (nSPS) is 19.6. The van der Waals surface area contributed by atoms with Crippen molar-refractivity contribution in [1.29, 1.82) is 0 Å². The van der Waals surface area contributed by atoms with Gasteiger partial charge in [0.25, 0.3) is 0 Å². The Morgan fingerprint density at radius 2 is 1.73 bits per heavy atom. The van der Waals surface area contributed by atoms with Crippen molar-refractivity contribution in [3.8, 4) is 0 Å². The van der Waals surface area contributed by atoms with Crippen LogP contribution in [0.5, 0.6) is 0 Å². The molecule has 3 amide bonds. The number of aliphatic hydroxyl groups excluding tert-OH is 1. The van der Waals surface area contributed by atoms with Gasteiger partial charge in [0.1, 0.15) is 6.04 Å². The number of nitrogens with one attached hydrogen (secondary N) is 2. The molecule has 202 valence electrons. The van der Waals surface area contributed by atoms with Gasteiger partial charge in [-0.15, -0.1) is 12.4 Å². The monoisotopic (exact) mass is 530 g/mol. The second-order valence-corrected chi connectivity index (χ2v) is 10.1. The highest BCUT2D eigenvalue weighted by Crippen LogP contribution is 2.28. The van der Waals surface area contributed by atoms with Gasteiger partial charge in [0.2, 0.25) is 17.7 Å². The predicted molar refractivity (Wildman–Crippen MR) is 146 cm³/mol. The number of nitrogens with zero attached hydrogens (tertiary/aromatic N) is 1. The van der Waals surface area contributed by atoms with E-state index in [0.717, 1.165) is 54.9 Å². The number of carbonyl (C=O) groups is 3. The third kappa shape index (κ3) is 7.29. The zero-order valence-corrected chi connectivity index (χ0v) is 22.1. The summed E-state index contributed by atoms with van der Waals surface area (Å²) >= 11 is 0. The fourth-order valence-corrected chi connectivity index (χ4v) is 5.34. The number of aliphatic hydroxyl groups is 1. The lowest BCUT2D eigenvalue weighted by molar-refractivity contribution is -0.156. The Morgan fingerprint density at radius 1 is 1.00 bits per heavy atom. The Bertz CT molecular complexity index is 1070. The molecule has 1 saturated heterocycles. The molecule has 2 aromatic carbocycles. The number of hydrogen-bond acceptors (Lipinski definition) is 6. The van der Waals surface area contributed by atoms with E-state index in [1.807, 2.05) is 42.5 Å². The van der Waals surface area contributed by atoms with Crippen molar-refractivity contribution in [3.63, 3.8) is 0 Å². The summed E-state index contributed by atoms with van der Waals surface area (Å²) in [7, 11) is 0. The molecule has 0 aromatic heterocycles. The number of carbonyl (C=O) groups excluding carboxylic acids is 3. The summed E-state index contributed by atoms with van der Waals surface area (Å²) in [5, 5.41) is 18.0. The first-order chi connectivity index (χ1) is 17.5. The molecule has 5 N–H and O–H groups in total. The van der Waals surface area contributed by atoms with Gasteiger partial charge in [-0.3, -0.25) is 19.3 Å². The van der Waals surface area contributed by atoms with Crippen LogP contribution in [0.1, 0.15) is 50.5 Å². The molecule has 1 saturated carbocycles. The summed E-state index contributed by atoms with van der Waals surface area (Å²) < 4.78 is 0. The van der Waals surface area contributed by atoms with E-state index < -0.39 is 24.1 Å². The summed E-state index contributed by atoms with van der Waals surface area (Å²) in [6.45, 7) is 0.683. The smallest absolute Gasteiger partial charge is 0.247 e. The fourth-order valence-electron chi connectivity index (χ4n) is 5.34. The zero-order chi connectivity index (χ0) is 25.5. The van der Waals surface area contributed by atoms with E-state index in [0.29, 0.717) is 13.0 Å². The minimum absolute atomic E-state index is 0. The number of nitrogens with two attached hydrogens (primary N) is 1. The lowest BCUT2D eigenvalue weighted by Gasteiger charge is -2.35. The average molecular weight is 531 g/mol. The average Bonchev–Trinajstić information content (AvgIpc) is 3.46. The van der Waals surface area contributed by atoms with Crippen LogP contribution in [0.4, 0.5) is 0 Å². The quantitative estimate of drug-likeness (QED) is 0.369. The van der Waals surface area contributed by atoms with Crippen LogP contribution in [-0.4, -0.2) is 65.5 Å². The molecular weight excluding hydrogens is 492 g/mol. The van der Waals surface area contributed by atoms with Crippen molar-refractivity contribution in [2.45, 2.75) is 69.6 Å². The van der Waals surface area contributed by atoms with E-state index in [9.17, 15) is 19.5 Å². The molecule has 1 unspecified atom stereocenters. The van der Waals surface area contributed by atoms with Crippen molar-refractivity contribution in [2.75, 3.05) is 19.6 Å². The van der Waals surface area contributed by atoms with E-state index in [4.69, 9.17) is 5.73 Å². The summed E-state index contributed by atoms with van der Waals surface area (Å²) in [4.78, 5) is 42.4. The molecular formula is C28H39ClN4O4. The summed E-state index contributed by atoms with van der Waals surface area (Å²) in [5.74, 6) is -1.30. The van der Waals surface area contributed by atoms with Gasteiger partial charge < -0.3 is 21.5 Å². The van der Waals surface area contributed by atoms with Gasteiger partial charge in [0, 0.05) is 25.4 Å². The predicted octanol–water partition coefficient (Wildman–Crippen LogP) is 2.30. The van der Waals surface area contributed by atoms with Crippen LogP contribution in [0.3, 0.4) is 0 Å². The second kappa shape index (κ2) is 13.9. The molecule has 3 atom stereocenters. The molecule has 2 aromatic rings. The van der Waals surface area contributed by atoms with Crippen LogP contribution in [0.25, 0.3) is 10.8 Å². The van der Waals surface area contributed by atoms with Crippen molar-refractivity contribution in [1.82, 2.24) is 15.5 Å². The van der Waals surface area contributed by atoms with Crippen LogP contribution in [0.2, 0.25) is 0 Å². The number of hydrogen-bond donors (Lipinski definition) is 4. The third-order valence-corrected chi connectivity index (χ3v) is 7.43. The molecule has 8 nitrogen and oxygen atoms in total.